The number of nitrogen functional groups attached to an aromatic ring is 1. The van der Waals surface area contributed by atoms with Crippen molar-refractivity contribution in [2.24, 2.45) is 0 Å². The van der Waals surface area contributed by atoms with Crippen LogP contribution in [0.3, 0.4) is 0 Å². The second-order valence-electron chi connectivity index (χ2n) is 4.23. The van der Waals surface area contributed by atoms with Gasteiger partial charge in [0.25, 0.3) is 5.91 Å². The van der Waals surface area contributed by atoms with Crippen LogP contribution in [0.15, 0.2) is 18.5 Å². The summed E-state index contributed by atoms with van der Waals surface area (Å²) in [6, 6.07) is 1.63. The Morgan fingerprint density at radius 3 is 2.88 bits per heavy atom. The van der Waals surface area contributed by atoms with Gasteiger partial charge in [0.2, 0.25) is 0 Å². The van der Waals surface area contributed by atoms with Crippen LogP contribution >= 0.6 is 0 Å². The van der Waals surface area contributed by atoms with E-state index in [1.807, 2.05) is 14.1 Å². The van der Waals surface area contributed by atoms with Gasteiger partial charge in [0.15, 0.2) is 0 Å². The van der Waals surface area contributed by atoms with Gasteiger partial charge in [-0.15, -0.1) is 0 Å². The summed E-state index contributed by atoms with van der Waals surface area (Å²) >= 11 is 0. The van der Waals surface area contributed by atoms with E-state index in [-0.39, 0.29) is 5.91 Å². The summed E-state index contributed by atoms with van der Waals surface area (Å²) in [5.41, 5.74) is 6.59. The fourth-order valence-electron chi connectivity index (χ4n) is 1.45. The van der Waals surface area contributed by atoms with Crippen molar-refractivity contribution in [2.45, 2.75) is 12.8 Å². The summed E-state index contributed by atoms with van der Waals surface area (Å²) in [5, 5.41) is 2.84. The van der Waals surface area contributed by atoms with E-state index < -0.39 is 0 Å². The first-order valence-electron chi connectivity index (χ1n) is 5.73. The molecule has 0 spiro atoms. The van der Waals surface area contributed by atoms with Crippen LogP contribution in [0.1, 0.15) is 23.2 Å². The molecule has 17 heavy (non-hydrogen) atoms. The number of unbranched alkanes of at least 4 members (excludes halogenated alkanes) is 1. The Bertz CT molecular complexity index is 365. The Morgan fingerprint density at radius 2 is 2.24 bits per heavy atom. The molecule has 0 unspecified atom stereocenters. The molecule has 0 radical (unpaired) electrons. The summed E-state index contributed by atoms with van der Waals surface area (Å²) in [7, 11) is 4.07. The first-order valence-corrected chi connectivity index (χ1v) is 5.73. The van der Waals surface area contributed by atoms with Gasteiger partial charge in [0.1, 0.15) is 0 Å². The predicted octanol–water partition coefficient (Wildman–Crippen LogP) is 0.735. The first kappa shape index (κ1) is 13.4. The van der Waals surface area contributed by atoms with Gasteiger partial charge in [0.05, 0.1) is 5.56 Å². The summed E-state index contributed by atoms with van der Waals surface area (Å²) in [6.07, 6.45) is 5.09. The Labute approximate surface area is 102 Å². The number of amides is 1. The van der Waals surface area contributed by atoms with Crippen molar-refractivity contribution in [3.8, 4) is 0 Å². The molecule has 0 atom stereocenters. The number of pyridine rings is 1. The number of anilines is 1. The zero-order chi connectivity index (χ0) is 12.7. The molecule has 5 heteroatoms. The minimum atomic E-state index is -0.152. The second-order valence-corrected chi connectivity index (χ2v) is 4.23. The number of nitrogens with one attached hydrogen (secondary N) is 1. The molecule has 3 N–H and O–H groups in total. The lowest BCUT2D eigenvalue weighted by Crippen LogP contribution is -2.26. The van der Waals surface area contributed by atoms with Crippen molar-refractivity contribution < 1.29 is 4.79 Å². The topological polar surface area (TPSA) is 71.2 Å². The molecule has 0 bridgehead atoms. The van der Waals surface area contributed by atoms with E-state index in [1.165, 1.54) is 6.20 Å². The molecule has 0 saturated heterocycles. The Hall–Kier alpha value is -1.62. The van der Waals surface area contributed by atoms with Gasteiger partial charge in [-0.2, -0.15) is 0 Å². The summed E-state index contributed by atoms with van der Waals surface area (Å²) in [5.74, 6) is -0.152. The van der Waals surface area contributed by atoms with Crippen LogP contribution < -0.4 is 11.1 Å². The molecule has 94 valence electrons. The maximum Gasteiger partial charge on any atom is 0.254 e. The lowest BCUT2D eigenvalue weighted by molar-refractivity contribution is 0.0953. The zero-order valence-electron chi connectivity index (χ0n) is 10.4. The van der Waals surface area contributed by atoms with Crippen LogP contribution in [0.5, 0.6) is 0 Å². The quantitative estimate of drug-likeness (QED) is 0.714. The Morgan fingerprint density at radius 1 is 1.47 bits per heavy atom. The van der Waals surface area contributed by atoms with Crippen LogP contribution in [0.4, 0.5) is 5.69 Å². The minimum absolute atomic E-state index is 0.152. The third kappa shape index (κ3) is 4.82. The molecule has 1 heterocycles. The van der Waals surface area contributed by atoms with Crippen LogP contribution in [0.25, 0.3) is 0 Å². The van der Waals surface area contributed by atoms with Gasteiger partial charge in [-0.3, -0.25) is 9.78 Å². The van der Waals surface area contributed by atoms with Crippen LogP contribution in [-0.2, 0) is 0 Å². The second kappa shape index (κ2) is 6.85. The van der Waals surface area contributed by atoms with Crippen LogP contribution in [0, 0.1) is 0 Å². The molecule has 0 aliphatic rings. The lowest BCUT2D eigenvalue weighted by Gasteiger charge is -2.09. The van der Waals surface area contributed by atoms with Crippen molar-refractivity contribution in [2.75, 3.05) is 32.9 Å². The third-order valence-corrected chi connectivity index (χ3v) is 2.42. The third-order valence-electron chi connectivity index (χ3n) is 2.42. The fourth-order valence-corrected chi connectivity index (χ4v) is 1.45. The van der Waals surface area contributed by atoms with Gasteiger partial charge in [-0.25, -0.2) is 0 Å². The predicted molar refractivity (Wildman–Crippen MR) is 68.8 cm³/mol. The minimum Gasteiger partial charge on any atom is -0.398 e. The standard InChI is InChI=1S/C12H20N4O/c1-16(2)8-4-3-6-15-12(17)10-9-14-7-5-11(10)13/h5,7,9H,3-4,6,8H2,1-2H3,(H2,13,14)(H,15,17). The highest BCUT2D eigenvalue weighted by molar-refractivity contribution is 5.98. The average Bonchev–Trinajstić information content (AvgIpc) is 2.28. The Balaban J connectivity index is 2.29. The molecule has 1 amide bonds. The number of carbonyl (C=O) groups excluding carboxylic acids is 1. The maximum atomic E-state index is 11.7. The number of carbonyl (C=O) groups is 1. The number of nitrogens with zero attached hydrogens (tertiary/aromatic N) is 2. The molecule has 0 aliphatic heterocycles. The number of nitrogens with two attached hydrogens (primary N) is 1. The van der Waals surface area contributed by atoms with Crippen molar-refractivity contribution in [1.29, 1.82) is 0 Å². The monoisotopic (exact) mass is 236 g/mol. The number of hydrogen-bond acceptors (Lipinski definition) is 4. The van der Waals surface area contributed by atoms with Gasteiger partial charge in [0, 0.05) is 24.6 Å². The van der Waals surface area contributed by atoms with Crippen LogP contribution in [-0.4, -0.2) is 43.0 Å². The molecule has 0 saturated carbocycles. The van der Waals surface area contributed by atoms with Crippen molar-refractivity contribution in [3.63, 3.8) is 0 Å². The highest BCUT2D eigenvalue weighted by atomic mass is 16.1. The number of aromatic nitrogens is 1. The fraction of sp³-hybridized carbons (Fsp3) is 0.500. The molecular weight excluding hydrogens is 216 g/mol. The van der Waals surface area contributed by atoms with Crippen molar-refractivity contribution >= 4 is 11.6 Å². The largest absolute Gasteiger partial charge is 0.398 e. The number of hydrogen-bond donors (Lipinski definition) is 2. The molecular formula is C12H20N4O. The van der Waals surface area contributed by atoms with E-state index in [9.17, 15) is 4.79 Å². The molecule has 0 aliphatic carbocycles. The van der Waals surface area contributed by atoms with E-state index in [2.05, 4.69) is 15.2 Å². The van der Waals surface area contributed by atoms with E-state index in [4.69, 9.17) is 5.73 Å². The van der Waals surface area contributed by atoms with Crippen molar-refractivity contribution in [3.05, 3.63) is 24.0 Å². The summed E-state index contributed by atoms with van der Waals surface area (Å²) in [4.78, 5) is 17.7. The zero-order valence-corrected chi connectivity index (χ0v) is 10.4. The molecule has 0 aromatic carbocycles. The highest BCUT2D eigenvalue weighted by Crippen LogP contribution is 2.07. The van der Waals surface area contributed by atoms with Gasteiger partial charge >= 0.3 is 0 Å². The summed E-state index contributed by atoms with van der Waals surface area (Å²) in [6.45, 7) is 1.70. The highest BCUT2D eigenvalue weighted by Gasteiger charge is 2.08. The van der Waals surface area contributed by atoms with Gasteiger partial charge in [-0.1, -0.05) is 0 Å². The summed E-state index contributed by atoms with van der Waals surface area (Å²) < 4.78 is 0. The first-order chi connectivity index (χ1) is 8.11. The number of rotatable bonds is 6. The smallest absolute Gasteiger partial charge is 0.254 e. The SMILES string of the molecule is CN(C)CCCCNC(=O)c1cnccc1N. The van der Waals surface area contributed by atoms with E-state index in [0.717, 1.165) is 19.4 Å². The van der Waals surface area contributed by atoms with E-state index in [0.29, 0.717) is 17.8 Å². The molecule has 1 aromatic heterocycles. The lowest BCUT2D eigenvalue weighted by atomic mass is 10.2. The van der Waals surface area contributed by atoms with Crippen LogP contribution in [0.2, 0.25) is 0 Å². The molecule has 5 nitrogen and oxygen atoms in total. The van der Waals surface area contributed by atoms with Gasteiger partial charge < -0.3 is 16.0 Å². The van der Waals surface area contributed by atoms with Crippen molar-refractivity contribution in [1.82, 2.24) is 15.2 Å². The van der Waals surface area contributed by atoms with Gasteiger partial charge in [-0.05, 0) is 39.5 Å². The molecule has 1 aromatic rings. The maximum absolute atomic E-state index is 11.7. The molecule has 1 rings (SSSR count). The normalized spacial score (nSPS) is 10.5. The van der Waals surface area contributed by atoms with E-state index >= 15 is 0 Å². The average molecular weight is 236 g/mol. The van der Waals surface area contributed by atoms with E-state index in [1.54, 1.807) is 12.3 Å². The Kier molecular flexibility index (Phi) is 5.42. The molecule has 0 fully saturated rings.